The first-order chi connectivity index (χ1) is 12.9. The number of nitrogens with one attached hydrogen (secondary N) is 1. The highest BCUT2D eigenvalue weighted by atomic mass is 35.5. The Hall–Kier alpha value is -0.740. The maximum Gasteiger partial charge on any atom is 0.224 e. The third-order valence-corrected chi connectivity index (χ3v) is 8.82. The maximum absolute atomic E-state index is 14.9. The third-order valence-electron chi connectivity index (χ3n) is 7.33. The van der Waals surface area contributed by atoms with Gasteiger partial charge in [-0.05, 0) is 73.0 Å². The van der Waals surface area contributed by atoms with Crippen LogP contribution in [-0.4, -0.2) is 17.4 Å². The van der Waals surface area contributed by atoms with Crippen molar-refractivity contribution < 1.29 is 9.18 Å². The van der Waals surface area contributed by atoms with E-state index in [2.05, 4.69) is 12.2 Å². The largest absolute Gasteiger partial charge is 0.348 e. The fourth-order valence-corrected chi connectivity index (χ4v) is 6.87. The van der Waals surface area contributed by atoms with Gasteiger partial charge in [0.2, 0.25) is 5.91 Å². The molecule has 3 fully saturated rings. The van der Waals surface area contributed by atoms with Crippen molar-refractivity contribution in [2.75, 3.05) is 11.5 Å². The van der Waals surface area contributed by atoms with Gasteiger partial charge in [0, 0.05) is 11.5 Å². The van der Waals surface area contributed by atoms with Crippen molar-refractivity contribution in [2.24, 2.45) is 16.7 Å². The Bertz CT molecular complexity index is 740. The fourth-order valence-electron chi connectivity index (χ4n) is 5.30. The highest BCUT2D eigenvalue weighted by Gasteiger charge is 2.58. The molecular formula is C22H29ClFNOS. The smallest absolute Gasteiger partial charge is 0.224 e. The molecular weight excluding hydrogens is 381 g/mol. The number of thioether (sulfide) groups is 1. The molecule has 2 nitrogen and oxygen atoms in total. The monoisotopic (exact) mass is 409 g/mol. The lowest BCUT2D eigenvalue weighted by Gasteiger charge is -2.36. The number of aryl methyl sites for hydroxylation is 1. The molecule has 2 atom stereocenters. The summed E-state index contributed by atoms with van der Waals surface area (Å²) in [5.41, 5.74) is 1.42. The van der Waals surface area contributed by atoms with E-state index in [1.807, 2.05) is 18.7 Å². The molecule has 1 amide bonds. The van der Waals surface area contributed by atoms with E-state index in [0.29, 0.717) is 10.6 Å². The van der Waals surface area contributed by atoms with E-state index < -0.39 is 0 Å². The molecule has 0 radical (unpaired) electrons. The number of rotatable bonds is 4. The van der Waals surface area contributed by atoms with Crippen molar-refractivity contribution in [2.45, 2.75) is 64.8 Å². The highest BCUT2D eigenvalue weighted by molar-refractivity contribution is 7.99. The fraction of sp³-hybridized carbons (Fsp3) is 0.682. The minimum absolute atomic E-state index is 0.0950. The Morgan fingerprint density at radius 3 is 2.59 bits per heavy atom. The van der Waals surface area contributed by atoms with Crippen LogP contribution in [0.3, 0.4) is 0 Å². The SMILES string of the molecule is Cc1ccc(F)c(C(NC(=O)C2CC23CCSCC3)C2(C)CCCC2)c1Cl. The van der Waals surface area contributed by atoms with Crippen molar-refractivity contribution in [3.05, 3.63) is 34.1 Å². The summed E-state index contributed by atoms with van der Waals surface area (Å²) in [6, 6.07) is 2.85. The molecule has 0 aromatic heterocycles. The summed E-state index contributed by atoms with van der Waals surface area (Å²) < 4.78 is 14.9. The first-order valence-electron chi connectivity index (χ1n) is 10.2. The zero-order valence-electron chi connectivity index (χ0n) is 16.2. The zero-order valence-corrected chi connectivity index (χ0v) is 17.8. The summed E-state index contributed by atoms with van der Waals surface area (Å²) >= 11 is 8.55. The van der Waals surface area contributed by atoms with Gasteiger partial charge in [0.25, 0.3) is 0 Å². The number of halogens is 2. The van der Waals surface area contributed by atoms with E-state index in [0.717, 1.165) is 62.0 Å². The van der Waals surface area contributed by atoms with Crippen LogP contribution in [-0.2, 0) is 4.79 Å². The predicted molar refractivity (Wildman–Crippen MR) is 111 cm³/mol. The lowest BCUT2D eigenvalue weighted by atomic mass is 9.76. The number of carbonyl (C=O) groups is 1. The topological polar surface area (TPSA) is 29.1 Å². The lowest BCUT2D eigenvalue weighted by Crippen LogP contribution is -2.40. The Morgan fingerprint density at radius 1 is 1.26 bits per heavy atom. The molecule has 148 valence electrons. The van der Waals surface area contributed by atoms with E-state index in [1.54, 1.807) is 6.07 Å². The quantitative estimate of drug-likeness (QED) is 0.654. The van der Waals surface area contributed by atoms with Crippen LogP contribution in [0.25, 0.3) is 0 Å². The maximum atomic E-state index is 14.9. The Balaban J connectivity index is 1.62. The standard InChI is InChI=1S/C22H29ClFNOS/c1-14-5-6-16(24)17(18(14)23)19(21(2)7-3-4-8-21)25-20(26)15-13-22(15)9-11-27-12-10-22/h5-6,15,19H,3-4,7-13H2,1-2H3,(H,25,26). The van der Waals surface area contributed by atoms with Crippen molar-refractivity contribution in [1.29, 1.82) is 0 Å². The summed E-state index contributed by atoms with van der Waals surface area (Å²) in [6.45, 7) is 4.08. The first kappa shape index (κ1) is 19.6. The third kappa shape index (κ3) is 3.53. The molecule has 2 saturated carbocycles. The van der Waals surface area contributed by atoms with Gasteiger partial charge in [-0.15, -0.1) is 0 Å². The van der Waals surface area contributed by atoms with E-state index in [-0.39, 0.29) is 34.5 Å². The van der Waals surface area contributed by atoms with Crippen molar-refractivity contribution in [3.63, 3.8) is 0 Å². The molecule has 0 bridgehead atoms. The number of hydrogen-bond acceptors (Lipinski definition) is 2. The summed E-state index contributed by atoms with van der Waals surface area (Å²) in [6.07, 6.45) is 7.50. The van der Waals surface area contributed by atoms with E-state index in [1.165, 1.54) is 6.07 Å². The molecule has 2 aliphatic carbocycles. The van der Waals surface area contributed by atoms with Gasteiger partial charge < -0.3 is 5.32 Å². The van der Waals surface area contributed by atoms with Crippen molar-refractivity contribution in [3.8, 4) is 0 Å². The van der Waals surface area contributed by atoms with Crippen LogP contribution in [0.5, 0.6) is 0 Å². The van der Waals surface area contributed by atoms with Crippen LogP contribution in [0, 0.1) is 29.5 Å². The van der Waals surface area contributed by atoms with Gasteiger partial charge in [0.05, 0.1) is 11.1 Å². The van der Waals surface area contributed by atoms with Gasteiger partial charge in [-0.3, -0.25) is 4.79 Å². The molecule has 2 unspecified atom stereocenters. The van der Waals surface area contributed by atoms with E-state index >= 15 is 0 Å². The average Bonchev–Trinajstić information content (AvgIpc) is 3.14. The van der Waals surface area contributed by atoms with Gasteiger partial charge in [0.1, 0.15) is 5.82 Å². The number of carbonyl (C=O) groups excluding carboxylic acids is 1. The first-order valence-corrected chi connectivity index (χ1v) is 11.7. The molecule has 1 saturated heterocycles. The lowest BCUT2D eigenvalue weighted by molar-refractivity contribution is -0.125. The van der Waals surface area contributed by atoms with Crippen LogP contribution in [0.15, 0.2) is 12.1 Å². The number of amides is 1. The zero-order chi connectivity index (χ0) is 19.2. The van der Waals surface area contributed by atoms with Crippen molar-refractivity contribution in [1.82, 2.24) is 5.32 Å². The summed E-state index contributed by atoms with van der Waals surface area (Å²) in [5.74, 6) is 2.21. The predicted octanol–water partition coefficient (Wildman–Crippen LogP) is 6.06. The molecule has 3 aliphatic rings. The molecule has 5 heteroatoms. The van der Waals surface area contributed by atoms with Gasteiger partial charge in [-0.2, -0.15) is 11.8 Å². The molecule has 1 heterocycles. The average molecular weight is 410 g/mol. The summed E-state index contributed by atoms with van der Waals surface area (Å²) in [4.78, 5) is 13.2. The molecule has 1 aromatic carbocycles. The van der Waals surface area contributed by atoms with Gasteiger partial charge in [0.15, 0.2) is 0 Å². The normalized spacial score (nSPS) is 26.7. The second-order valence-electron chi connectivity index (χ2n) is 9.13. The number of benzene rings is 1. The second-order valence-corrected chi connectivity index (χ2v) is 10.7. The van der Waals surface area contributed by atoms with Gasteiger partial charge in [-0.1, -0.05) is 37.4 Å². The Morgan fingerprint density at radius 2 is 1.93 bits per heavy atom. The van der Waals surface area contributed by atoms with Gasteiger partial charge in [-0.25, -0.2) is 4.39 Å². The minimum Gasteiger partial charge on any atom is -0.348 e. The molecule has 27 heavy (non-hydrogen) atoms. The van der Waals surface area contributed by atoms with Crippen LogP contribution < -0.4 is 5.32 Å². The molecule has 1 N–H and O–H groups in total. The van der Waals surface area contributed by atoms with Crippen LogP contribution in [0.4, 0.5) is 4.39 Å². The van der Waals surface area contributed by atoms with E-state index in [9.17, 15) is 9.18 Å². The molecule has 4 rings (SSSR count). The van der Waals surface area contributed by atoms with Crippen molar-refractivity contribution >= 4 is 29.3 Å². The second kappa shape index (κ2) is 7.26. The van der Waals surface area contributed by atoms with Crippen LogP contribution >= 0.6 is 23.4 Å². The summed E-state index contributed by atoms with van der Waals surface area (Å²) in [7, 11) is 0. The van der Waals surface area contributed by atoms with Crippen LogP contribution in [0.1, 0.15) is 69.0 Å². The molecule has 1 aromatic rings. The van der Waals surface area contributed by atoms with Gasteiger partial charge >= 0.3 is 0 Å². The Labute approximate surface area is 171 Å². The number of hydrogen-bond donors (Lipinski definition) is 1. The Kier molecular flexibility index (Phi) is 5.26. The molecule has 1 aliphatic heterocycles. The van der Waals surface area contributed by atoms with Crippen LogP contribution in [0.2, 0.25) is 5.02 Å². The van der Waals surface area contributed by atoms with E-state index in [4.69, 9.17) is 11.6 Å². The minimum atomic E-state index is -0.351. The highest BCUT2D eigenvalue weighted by Crippen LogP contribution is 2.61. The summed E-state index contributed by atoms with van der Waals surface area (Å²) in [5, 5.41) is 3.75. The molecule has 1 spiro atoms.